The van der Waals surface area contributed by atoms with Crippen LogP contribution in [0.4, 0.5) is 11.4 Å². The summed E-state index contributed by atoms with van der Waals surface area (Å²) in [6.07, 6.45) is 0.564. The summed E-state index contributed by atoms with van der Waals surface area (Å²) in [4.78, 5) is 23.8. The summed E-state index contributed by atoms with van der Waals surface area (Å²) in [5.74, 6) is -0.0718. The minimum Gasteiger partial charge on any atom is -0.399 e. The Hall–Kier alpha value is -3.02. The molecule has 0 bridgehead atoms. The molecule has 2 aromatic rings. The maximum absolute atomic E-state index is 12.9. The number of amides is 1. The number of nitrogen functional groups attached to an aromatic ring is 1. The monoisotopic (exact) mass is 350 g/mol. The Morgan fingerprint density at radius 2 is 1.88 bits per heavy atom. The lowest BCUT2D eigenvalue weighted by Crippen LogP contribution is -2.36. The SMILES string of the molecule is CC(C)(C)C(=O)N1N=C(c2ccc(N)cc2)CC1c1cccc(N=O)c1. The minimum atomic E-state index is -0.571. The number of nitrogens with two attached hydrogens (primary N) is 1. The molecule has 2 N–H and O–H groups in total. The molecule has 134 valence electrons. The molecule has 0 saturated carbocycles. The molecule has 0 saturated heterocycles. The fraction of sp³-hybridized carbons (Fsp3) is 0.300. The molecule has 1 atom stereocenters. The molecule has 0 fully saturated rings. The Bertz CT molecular complexity index is 866. The average Bonchev–Trinajstić information content (AvgIpc) is 3.06. The van der Waals surface area contributed by atoms with Crippen LogP contribution in [0, 0.1) is 10.3 Å². The van der Waals surface area contributed by atoms with Gasteiger partial charge < -0.3 is 5.73 Å². The van der Waals surface area contributed by atoms with Crippen molar-refractivity contribution in [1.82, 2.24) is 5.01 Å². The van der Waals surface area contributed by atoms with E-state index in [1.807, 2.05) is 51.1 Å². The third-order valence-electron chi connectivity index (χ3n) is 4.36. The molecule has 1 aliphatic heterocycles. The van der Waals surface area contributed by atoms with E-state index in [1.54, 1.807) is 18.2 Å². The van der Waals surface area contributed by atoms with Crippen molar-refractivity contribution in [3.63, 3.8) is 0 Å². The van der Waals surface area contributed by atoms with Gasteiger partial charge in [-0.3, -0.25) is 4.79 Å². The number of hydrogen-bond acceptors (Lipinski definition) is 5. The summed E-state index contributed by atoms with van der Waals surface area (Å²) < 4.78 is 0. The van der Waals surface area contributed by atoms with Crippen LogP contribution in [0.1, 0.15) is 44.4 Å². The summed E-state index contributed by atoms with van der Waals surface area (Å²) in [5, 5.41) is 9.16. The second kappa shape index (κ2) is 6.71. The molecule has 0 spiro atoms. The van der Waals surface area contributed by atoms with Gasteiger partial charge in [-0.2, -0.15) is 5.10 Å². The van der Waals surface area contributed by atoms with Crippen LogP contribution in [0.25, 0.3) is 0 Å². The highest BCUT2D eigenvalue weighted by Crippen LogP contribution is 2.37. The van der Waals surface area contributed by atoms with Crippen LogP contribution in [-0.2, 0) is 4.79 Å². The highest BCUT2D eigenvalue weighted by Gasteiger charge is 2.38. The number of benzene rings is 2. The first kappa shape index (κ1) is 17.8. The number of carbonyl (C=O) groups is 1. The fourth-order valence-corrected chi connectivity index (χ4v) is 2.94. The van der Waals surface area contributed by atoms with Crippen LogP contribution < -0.4 is 5.73 Å². The third-order valence-corrected chi connectivity index (χ3v) is 4.36. The van der Waals surface area contributed by atoms with Crippen LogP contribution in [0.15, 0.2) is 58.8 Å². The Labute approximate surface area is 152 Å². The molecule has 3 rings (SSSR count). The summed E-state index contributed by atoms with van der Waals surface area (Å²) in [5.41, 5.74) is 8.80. The van der Waals surface area contributed by atoms with Gasteiger partial charge in [0.05, 0.1) is 11.8 Å². The van der Waals surface area contributed by atoms with Crippen molar-refractivity contribution in [2.45, 2.75) is 33.2 Å². The Morgan fingerprint density at radius 3 is 2.50 bits per heavy atom. The molecule has 6 heteroatoms. The summed E-state index contributed by atoms with van der Waals surface area (Å²) in [7, 11) is 0. The van der Waals surface area contributed by atoms with E-state index in [1.165, 1.54) is 5.01 Å². The zero-order chi connectivity index (χ0) is 18.9. The first-order valence-corrected chi connectivity index (χ1v) is 8.50. The highest BCUT2D eigenvalue weighted by atomic mass is 16.3. The maximum Gasteiger partial charge on any atom is 0.248 e. The second-order valence-electron chi connectivity index (χ2n) is 7.47. The number of nitroso groups, excluding NO2 is 1. The summed E-state index contributed by atoms with van der Waals surface area (Å²) >= 11 is 0. The van der Waals surface area contributed by atoms with Crippen molar-refractivity contribution >= 4 is 23.0 Å². The molecule has 1 aliphatic rings. The van der Waals surface area contributed by atoms with Crippen molar-refractivity contribution in [1.29, 1.82) is 0 Å². The van der Waals surface area contributed by atoms with Gasteiger partial charge in [0.1, 0.15) is 5.69 Å². The van der Waals surface area contributed by atoms with Crippen LogP contribution in [0.5, 0.6) is 0 Å². The predicted octanol–water partition coefficient (Wildman–Crippen LogP) is 4.39. The molecule has 1 heterocycles. The van der Waals surface area contributed by atoms with E-state index < -0.39 is 5.41 Å². The zero-order valence-electron chi connectivity index (χ0n) is 15.1. The molecule has 1 unspecified atom stereocenters. The van der Waals surface area contributed by atoms with Crippen molar-refractivity contribution in [3.05, 3.63) is 64.6 Å². The molecule has 0 aliphatic carbocycles. The van der Waals surface area contributed by atoms with E-state index in [0.717, 1.165) is 16.8 Å². The largest absolute Gasteiger partial charge is 0.399 e. The molecule has 1 amide bonds. The quantitative estimate of drug-likeness (QED) is 0.657. The summed E-state index contributed by atoms with van der Waals surface area (Å²) in [6.45, 7) is 5.60. The van der Waals surface area contributed by atoms with E-state index in [0.29, 0.717) is 17.8 Å². The predicted molar refractivity (Wildman–Crippen MR) is 103 cm³/mol. The molecule has 0 aromatic heterocycles. The third kappa shape index (κ3) is 3.49. The van der Waals surface area contributed by atoms with Gasteiger partial charge in [-0.15, -0.1) is 4.91 Å². The maximum atomic E-state index is 12.9. The average molecular weight is 350 g/mol. The van der Waals surface area contributed by atoms with Gasteiger partial charge in [0, 0.05) is 17.5 Å². The lowest BCUT2D eigenvalue weighted by atomic mass is 9.93. The van der Waals surface area contributed by atoms with Gasteiger partial charge in [0.15, 0.2) is 0 Å². The van der Waals surface area contributed by atoms with E-state index in [4.69, 9.17) is 5.73 Å². The molecular weight excluding hydrogens is 328 g/mol. The molecule has 0 radical (unpaired) electrons. The van der Waals surface area contributed by atoms with Gasteiger partial charge in [0.2, 0.25) is 5.91 Å². The lowest BCUT2D eigenvalue weighted by Gasteiger charge is -2.28. The topological polar surface area (TPSA) is 88.1 Å². The van der Waals surface area contributed by atoms with Gasteiger partial charge in [-0.05, 0) is 40.6 Å². The Morgan fingerprint density at radius 1 is 1.19 bits per heavy atom. The Kier molecular flexibility index (Phi) is 4.59. The molecule has 6 nitrogen and oxygen atoms in total. The number of hydrazone groups is 1. The smallest absolute Gasteiger partial charge is 0.248 e. The highest BCUT2D eigenvalue weighted by molar-refractivity contribution is 6.03. The lowest BCUT2D eigenvalue weighted by molar-refractivity contribution is -0.141. The van der Waals surface area contributed by atoms with Crippen LogP contribution in [-0.4, -0.2) is 16.6 Å². The van der Waals surface area contributed by atoms with Crippen LogP contribution in [0.3, 0.4) is 0 Å². The van der Waals surface area contributed by atoms with Crippen molar-refractivity contribution in [2.75, 3.05) is 5.73 Å². The van der Waals surface area contributed by atoms with Crippen molar-refractivity contribution in [2.24, 2.45) is 15.7 Å². The Balaban J connectivity index is 2.01. The first-order valence-electron chi connectivity index (χ1n) is 8.50. The van der Waals surface area contributed by atoms with Crippen molar-refractivity contribution in [3.8, 4) is 0 Å². The standard InChI is InChI=1S/C20H22N4O2/c1-20(2,3)19(25)24-18(14-5-4-6-16(11-14)23-26)12-17(22-24)13-7-9-15(21)10-8-13/h4-11,18H,12,21H2,1-3H3. The van der Waals surface area contributed by atoms with Gasteiger partial charge in [-0.25, -0.2) is 5.01 Å². The van der Waals surface area contributed by atoms with Crippen LogP contribution in [0.2, 0.25) is 0 Å². The number of rotatable bonds is 3. The number of hydrogen-bond donors (Lipinski definition) is 1. The molecule has 26 heavy (non-hydrogen) atoms. The van der Waals surface area contributed by atoms with E-state index in [2.05, 4.69) is 10.3 Å². The van der Waals surface area contributed by atoms with Crippen molar-refractivity contribution < 1.29 is 4.79 Å². The molecular formula is C20H22N4O2. The first-order chi connectivity index (χ1) is 12.3. The number of anilines is 1. The minimum absolute atomic E-state index is 0.0718. The van der Waals surface area contributed by atoms with E-state index in [-0.39, 0.29) is 11.9 Å². The van der Waals surface area contributed by atoms with Gasteiger partial charge in [-0.1, -0.05) is 45.0 Å². The summed E-state index contributed by atoms with van der Waals surface area (Å²) in [6, 6.07) is 14.2. The van der Waals surface area contributed by atoms with Gasteiger partial charge >= 0.3 is 0 Å². The number of carbonyl (C=O) groups excluding carboxylic acids is 1. The second-order valence-corrected chi connectivity index (χ2v) is 7.47. The molecule has 2 aromatic carbocycles. The van der Waals surface area contributed by atoms with E-state index in [9.17, 15) is 9.70 Å². The normalized spacial score (nSPS) is 17.1. The van der Waals surface area contributed by atoms with Gasteiger partial charge in [0.25, 0.3) is 0 Å². The van der Waals surface area contributed by atoms with Crippen LogP contribution >= 0.6 is 0 Å². The number of nitrogens with zero attached hydrogens (tertiary/aromatic N) is 3. The van der Waals surface area contributed by atoms with E-state index >= 15 is 0 Å². The zero-order valence-corrected chi connectivity index (χ0v) is 15.1. The fourth-order valence-electron chi connectivity index (χ4n) is 2.94.